The maximum Gasteiger partial charge on any atom is 0.208 e. The summed E-state index contributed by atoms with van der Waals surface area (Å²) in [5.41, 5.74) is 2.02. The molecule has 1 atom stereocenters. The van der Waals surface area contributed by atoms with Crippen LogP contribution in [0.15, 0.2) is 48.9 Å². The molecule has 1 aliphatic heterocycles. The molecule has 0 N–H and O–H groups in total. The van der Waals surface area contributed by atoms with Gasteiger partial charge in [0.2, 0.25) is 5.13 Å². The van der Waals surface area contributed by atoms with Gasteiger partial charge in [0.05, 0.1) is 12.7 Å². The lowest BCUT2D eigenvalue weighted by molar-refractivity contribution is 0.0553. The van der Waals surface area contributed by atoms with E-state index in [1.165, 1.54) is 0 Å². The van der Waals surface area contributed by atoms with Crippen molar-refractivity contribution in [2.75, 3.05) is 18.0 Å². The van der Waals surface area contributed by atoms with Crippen LogP contribution in [0.5, 0.6) is 0 Å². The van der Waals surface area contributed by atoms with E-state index in [0.29, 0.717) is 6.61 Å². The predicted octanol–water partition coefficient (Wildman–Crippen LogP) is 2.79. The third-order valence-electron chi connectivity index (χ3n) is 3.95. The maximum absolute atomic E-state index is 6.01. The van der Waals surface area contributed by atoms with Crippen LogP contribution in [0.3, 0.4) is 0 Å². The van der Waals surface area contributed by atoms with Crippen molar-refractivity contribution >= 4 is 16.5 Å². The summed E-state index contributed by atoms with van der Waals surface area (Å²) in [7, 11) is 0. The standard InChI is InChI=1S/C17H17N5OS/c1-2-7-19-15(3-1)16-20-21-17(24-16)22-10-6-14(11-22)23-12-13-4-8-18-9-5-13/h1-5,7-9,14H,6,10-12H2/t14-/m1/s1. The van der Waals surface area contributed by atoms with Crippen molar-refractivity contribution in [3.05, 3.63) is 54.5 Å². The number of anilines is 1. The van der Waals surface area contributed by atoms with E-state index in [2.05, 4.69) is 25.1 Å². The summed E-state index contributed by atoms with van der Waals surface area (Å²) in [6, 6.07) is 9.78. The van der Waals surface area contributed by atoms with Gasteiger partial charge in [0.1, 0.15) is 5.69 Å². The Morgan fingerprint density at radius 1 is 1.12 bits per heavy atom. The molecule has 1 aliphatic rings. The molecule has 0 aromatic carbocycles. The zero-order valence-electron chi connectivity index (χ0n) is 13.1. The van der Waals surface area contributed by atoms with Gasteiger partial charge in [-0.25, -0.2) is 0 Å². The molecule has 4 rings (SSSR count). The zero-order chi connectivity index (χ0) is 16.2. The molecule has 3 aromatic rings. The Labute approximate surface area is 144 Å². The summed E-state index contributed by atoms with van der Waals surface area (Å²) in [6.07, 6.45) is 6.58. The summed E-state index contributed by atoms with van der Waals surface area (Å²) >= 11 is 1.58. The lowest BCUT2D eigenvalue weighted by Crippen LogP contribution is -2.22. The Morgan fingerprint density at radius 2 is 2.04 bits per heavy atom. The average Bonchev–Trinajstić information content (AvgIpc) is 3.31. The average molecular weight is 339 g/mol. The highest BCUT2D eigenvalue weighted by Crippen LogP contribution is 2.30. The normalized spacial score (nSPS) is 17.3. The van der Waals surface area contributed by atoms with Crippen molar-refractivity contribution in [1.82, 2.24) is 20.2 Å². The summed E-state index contributed by atoms with van der Waals surface area (Å²) in [5, 5.41) is 10.4. The highest BCUT2D eigenvalue weighted by molar-refractivity contribution is 7.18. The van der Waals surface area contributed by atoms with Crippen LogP contribution in [0.4, 0.5) is 5.13 Å². The number of aromatic nitrogens is 4. The van der Waals surface area contributed by atoms with E-state index in [4.69, 9.17) is 4.74 Å². The van der Waals surface area contributed by atoms with Gasteiger partial charge in [0.15, 0.2) is 5.01 Å². The molecule has 6 nitrogen and oxygen atoms in total. The minimum Gasteiger partial charge on any atom is -0.372 e. The largest absolute Gasteiger partial charge is 0.372 e. The second-order valence-electron chi connectivity index (χ2n) is 5.63. The van der Waals surface area contributed by atoms with Gasteiger partial charge in [-0.2, -0.15) is 0 Å². The number of ether oxygens (including phenoxy) is 1. The first-order valence-electron chi connectivity index (χ1n) is 7.89. The van der Waals surface area contributed by atoms with Gasteiger partial charge in [0, 0.05) is 31.7 Å². The third kappa shape index (κ3) is 3.42. The van der Waals surface area contributed by atoms with Crippen LogP contribution in [0.2, 0.25) is 0 Å². The summed E-state index contributed by atoms with van der Waals surface area (Å²) in [5.74, 6) is 0. The molecule has 24 heavy (non-hydrogen) atoms. The van der Waals surface area contributed by atoms with E-state index in [0.717, 1.165) is 40.9 Å². The Kier molecular flexibility index (Phi) is 4.44. The second kappa shape index (κ2) is 7.02. The second-order valence-corrected chi connectivity index (χ2v) is 6.58. The van der Waals surface area contributed by atoms with Gasteiger partial charge >= 0.3 is 0 Å². The molecular weight excluding hydrogens is 322 g/mol. The summed E-state index contributed by atoms with van der Waals surface area (Å²) in [6.45, 7) is 2.41. The first-order chi connectivity index (χ1) is 11.9. The molecule has 1 fully saturated rings. The SMILES string of the molecule is c1ccc(-c2nnc(N3CC[C@@H](OCc4ccncc4)C3)s2)nc1. The fourth-order valence-electron chi connectivity index (χ4n) is 2.67. The van der Waals surface area contributed by atoms with Gasteiger partial charge in [-0.15, -0.1) is 10.2 Å². The van der Waals surface area contributed by atoms with E-state index in [1.54, 1.807) is 29.9 Å². The van der Waals surface area contributed by atoms with Gasteiger partial charge in [-0.05, 0) is 36.2 Å². The van der Waals surface area contributed by atoms with Crippen molar-refractivity contribution in [3.63, 3.8) is 0 Å². The van der Waals surface area contributed by atoms with Gasteiger partial charge < -0.3 is 9.64 Å². The molecular formula is C17H17N5OS. The molecule has 1 saturated heterocycles. The van der Waals surface area contributed by atoms with Crippen LogP contribution >= 0.6 is 11.3 Å². The minimum atomic E-state index is 0.223. The highest BCUT2D eigenvalue weighted by Gasteiger charge is 2.26. The van der Waals surface area contributed by atoms with Crippen molar-refractivity contribution in [1.29, 1.82) is 0 Å². The van der Waals surface area contributed by atoms with Crippen LogP contribution in [-0.4, -0.2) is 39.4 Å². The van der Waals surface area contributed by atoms with Crippen LogP contribution in [0.25, 0.3) is 10.7 Å². The minimum absolute atomic E-state index is 0.223. The lowest BCUT2D eigenvalue weighted by Gasteiger charge is -2.14. The quantitative estimate of drug-likeness (QED) is 0.712. The van der Waals surface area contributed by atoms with E-state index in [1.807, 2.05) is 30.3 Å². The third-order valence-corrected chi connectivity index (χ3v) is 4.96. The smallest absolute Gasteiger partial charge is 0.208 e. The molecule has 122 valence electrons. The molecule has 0 unspecified atom stereocenters. The Balaban J connectivity index is 1.36. The topological polar surface area (TPSA) is 64.0 Å². The maximum atomic E-state index is 6.01. The molecule has 7 heteroatoms. The molecule has 0 radical (unpaired) electrons. The van der Waals surface area contributed by atoms with Crippen LogP contribution in [-0.2, 0) is 11.3 Å². The molecule has 0 bridgehead atoms. The van der Waals surface area contributed by atoms with E-state index < -0.39 is 0 Å². The van der Waals surface area contributed by atoms with Gasteiger partial charge in [-0.1, -0.05) is 17.4 Å². The number of pyridine rings is 2. The summed E-state index contributed by atoms with van der Waals surface area (Å²) in [4.78, 5) is 10.6. The van der Waals surface area contributed by atoms with Crippen LogP contribution < -0.4 is 4.90 Å². The van der Waals surface area contributed by atoms with Gasteiger partial charge in [-0.3, -0.25) is 9.97 Å². The van der Waals surface area contributed by atoms with Crippen molar-refractivity contribution in [2.45, 2.75) is 19.1 Å². The Hall–Kier alpha value is -2.38. The lowest BCUT2D eigenvalue weighted by atomic mass is 10.3. The number of nitrogens with zero attached hydrogens (tertiary/aromatic N) is 5. The van der Waals surface area contributed by atoms with Crippen molar-refractivity contribution in [3.8, 4) is 10.7 Å². The Morgan fingerprint density at radius 3 is 2.88 bits per heavy atom. The monoisotopic (exact) mass is 339 g/mol. The summed E-state index contributed by atoms with van der Waals surface area (Å²) < 4.78 is 6.01. The molecule has 3 aromatic heterocycles. The fourth-order valence-corrected chi connectivity index (χ4v) is 3.52. The first-order valence-corrected chi connectivity index (χ1v) is 8.70. The molecule has 0 spiro atoms. The molecule has 0 aliphatic carbocycles. The first kappa shape index (κ1) is 15.2. The van der Waals surface area contributed by atoms with Crippen LogP contribution in [0, 0.1) is 0 Å². The zero-order valence-corrected chi connectivity index (χ0v) is 13.9. The van der Waals surface area contributed by atoms with E-state index in [9.17, 15) is 0 Å². The van der Waals surface area contributed by atoms with Crippen LogP contribution in [0.1, 0.15) is 12.0 Å². The Bertz CT molecular complexity index is 780. The van der Waals surface area contributed by atoms with E-state index in [-0.39, 0.29) is 6.10 Å². The van der Waals surface area contributed by atoms with Crippen molar-refractivity contribution < 1.29 is 4.74 Å². The van der Waals surface area contributed by atoms with Gasteiger partial charge in [0.25, 0.3) is 0 Å². The molecule has 0 amide bonds. The highest BCUT2D eigenvalue weighted by atomic mass is 32.1. The number of hydrogen-bond acceptors (Lipinski definition) is 7. The van der Waals surface area contributed by atoms with E-state index >= 15 is 0 Å². The molecule has 4 heterocycles. The predicted molar refractivity (Wildman–Crippen MR) is 92.8 cm³/mol. The molecule has 0 saturated carbocycles. The fraction of sp³-hybridized carbons (Fsp3) is 0.294. The number of rotatable bonds is 5. The number of hydrogen-bond donors (Lipinski definition) is 0. The van der Waals surface area contributed by atoms with Crippen molar-refractivity contribution in [2.24, 2.45) is 0 Å².